The van der Waals surface area contributed by atoms with E-state index in [1.807, 2.05) is 42.5 Å². The first kappa shape index (κ1) is 18.6. The van der Waals surface area contributed by atoms with E-state index in [1.165, 1.54) is 24.3 Å². The fourth-order valence-electron chi connectivity index (χ4n) is 2.87. The number of fused-ring (bicyclic) bond motifs is 1. The summed E-state index contributed by atoms with van der Waals surface area (Å²) in [5, 5.41) is 13.0. The van der Waals surface area contributed by atoms with Crippen molar-refractivity contribution in [3.63, 3.8) is 0 Å². The number of aromatic amines is 1. The zero-order valence-corrected chi connectivity index (χ0v) is 16.3. The fraction of sp³-hybridized carbons (Fsp3) is 0.0476. The van der Waals surface area contributed by atoms with E-state index in [2.05, 4.69) is 20.5 Å². The van der Waals surface area contributed by atoms with Crippen molar-refractivity contribution in [3.8, 4) is 0 Å². The number of rotatable bonds is 5. The van der Waals surface area contributed by atoms with Crippen molar-refractivity contribution in [1.82, 2.24) is 15.2 Å². The minimum absolute atomic E-state index is 0.133. The second kappa shape index (κ2) is 8.07. The number of benzene rings is 2. The van der Waals surface area contributed by atoms with Crippen LogP contribution in [0.3, 0.4) is 0 Å². The number of carbonyl (C=O) groups is 2. The fourth-order valence-corrected chi connectivity index (χ4v) is 3.72. The summed E-state index contributed by atoms with van der Waals surface area (Å²) in [5.41, 5.74) is 2.77. The van der Waals surface area contributed by atoms with Gasteiger partial charge in [-0.25, -0.2) is 4.98 Å². The zero-order chi connectivity index (χ0) is 20.2. The van der Waals surface area contributed by atoms with Crippen molar-refractivity contribution in [2.24, 2.45) is 0 Å². The Balaban J connectivity index is 1.49. The maximum absolute atomic E-state index is 12.3. The maximum Gasteiger partial charge on any atom is 0.248 e. The summed E-state index contributed by atoms with van der Waals surface area (Å²) in [4.78, 5) is 30.4. The molecular weight excluding hydrogens is 386 g/mol. The molecule has 0 radical (unpaired) electrons. The van der Waals surface area contributed by atoms with Gasteiger partial charge in [0.25, 0.3) is 0 Å². The summed E-state index contributed by atoms with van der Waals surface area (Å²) < 4.78 is 0. The van der Waals surface area contributed by atoms with Crippen molar-refractivity contribution in [1.29, 1.82) is 0 Å². The van der Waals surface area contributed by atoms with Gasteiger partial charge in [-0.15, -0.1) is 11.3 Å². The third-order valence-electron chi connectivity index (χ3n) is 4.17. The first-order valence-electron chi connectivity index (χ1n) is 8.84. The number of aromatic nitrogens is 3. The minimum Gasteiger partial charge on any atom is -0.321 e. The molecule has 0 unspecified atom stereocenters. The standard InChI is InChI=1S/C21H17N5O2S/c1-14(27)26(17-7-3-2-4-8-17)21-23-16(13-29-21)10-11-19(28)24-18-9-5-6-15-12-22-25-20(15)18/h2-13H,1H3,(H,22,25)(H,24,28)/b11-10+. The molecule has 0 aliphatic heterocycles. The molecule has 4 aromatic rings. The molecule has 29 heavy (non-hydrogen) atoms. The van der Waals surface area contributed by atoms with Gasteiger partial charge in [0.15, 0.2) is 5.13 Å². The Morgan fingerprint density at radius 1 is 1.14 bits per heavy atom. The number of nitrogens with zero attached hydrogens (tertiary/aromatic N) is 3. The third-order valence-corrected chi connectivity index (χ3v) is 5.01. The maximum atomic E-state index is 12.3. The van der Waals surface area contributed by atoms with Crippen LogP contribution in [0.1, 0.15) is 12.6 Å². The Kier molecular flexibility index (Phi) is 5.17. The highest BCUT2D eigenvalue weighted by molar-refractivity contribution is 7.14. The second-order valence-electron chi connectivity index (χ2n) is 6.21. The number of thiazole rings is 1. The molecule has 0 spiro atoms. The molecule has 0 saturated heterocycles. The van der Waals surface area contributed by atoms with Gasteiger partial charge in [0.05, 0.1) is 28.8 Å². The zero-order valence-electron chi connectivity index (χ0n) is 15.5. The van der Waals surface area contributed by atoms with Gasteiger partial charge in [0.1, 0.15) is 0 Å². The van der Waals surface area contributed by atoms with Crippen LogP contribution in [0.15, 0.2) is 66.2 Å². The average Bonchev–Trinajstić information content (AvgIpc) is 3.37. The average molecular weight is 403 g/mol. The number of anilines is 3. The largest absolute Gasteiger partial charge is 0.321 e. The number of amides is 2. The summed E-state index contributed by atoms with van der Waals surface area (Å²) in [6.45, 7) is 1.49. The number of nitrogens with one attached hydrogen (secondary N) is 2. The molecule has 2 N–H and O–H groups in total. The van der Waals surface area contributed by atoms with E-state index in [0.717, 1.165) is 16.6 Å². The van der Waals surface area contributed by atoms with Crippen LogP contribution >= 0.6 is 11.3 Å². The predicted octanol–water partition coefficient (Wildman–Crippen LogP) is 4.36. The Bertz CT molecular complexity index is 1200. The molecule has 0 fully saturated rings. The molecule has 0 bridgehead atoms. The van der Waals surface area contributed by atoms with Crippen LogP contribution in [-0.2, 0) is 9.59 Å². The number of carbonyl (C=O) groups excluding carboxylic acids is 2. The van der Waals surface area contributed by atoms with Crippen molar-refractivity contribution < 1.29 is 9.59 Å². The monoisotopic (exact) mass is 403 g/mol. The first-order valence-corrected chi connectivity index (χ1v) is 9.72. The van der Waals surface area contributed by atoms with Gasteiger partial charge in [0.2, 0.25) is 11.8 Å². The van der Waals surface area contributed by atoms with Gasteiger partial charge >= 0.3 is 0 Å². The molecule has 0 atom stereocenters. The Morgan fingerprint density at radius 2 is 1.97 bits per heavy atom. The lowest BCUT2D eigenvalue weighted by atomic mass is 10.2. The first-order chi connectivity index (χ1) is 14.1. The second-order valence-corrected chi connectivity index (χ2v) is 7.04. The van der Waals surface area contributed by atoms with Crippen molar-refractivity contribution >= 4 is 56.6 Å². The van der Waals surface area contributed by atoms with E-state index in [-0.39, 0.29) is 11.8 Å². The number of para-hydroxylation sites is 2. The van der Waals surface area contributed by atoms with Crippen LogP contribution < -0.4 is 10.2 Å². The van der Waals surface area contributed by atoms with Gasteiger partial charge in [0, 0.05) is 23.8 Å². The van der Waals surface area contributed by atoms with Crippen LogP contribution in [0.4, 0.5) is 16.5 Å². The summed E-state index contributed by atoms with van der Waals surface area (Å²) in [5.74, 6) is -0.417. The molecule has 8 heteroatoms. The molecule has 0 aliphatic rings. The van der Waals surface area contributed by atoms with E-state index >= 15 is 0 Å². The molecule has 7 nitrogen and oxygen atoms in total. The molecular formula is C21H17N5O2S. The smallest absolute Gasteiger partial charge is 0.248 e. The van der Waals surface area contributed by atoms with Crippen LogP contribution in [-0.4, -0.2) is 27.0 Å². The SMILES string of the molecule is CC(=O)N(c1ccccc1)c1nc(/C=C/C(=O)Nc2cccc3cn[nH]c23)cs1. The molecule has 0 saturated carbocycles. The molecule has 2 aromatic heterocycles. The molecule has 0 aliphatic carbocycles. The topological polar surface area (TPSA) is 91.0 Å². The minimum atomic E-state index is -0.284. The van der Waals surface area contributed by atoms with Gasteiger partial charge in [-0.05, 0) is 24.3 Å². The summed E-state index contributed by atoms with van der Waals surface area (Å²) >= 11 is 1.34. The normalized spacial score (nSPS) is 11.1. The lowest BCUT2D eigenvalue weighted by Gasteiger charge is -2.17. The molecule has 2 aromatic carbocycles. The van der Waals surface area contributed by atoms with Crippen molar-refractivity contribution in [3.05, 3.63) is 71.9 Å². The lowest BCUT2D eigenvalue weighted by Crippen LogP contribution is -2.22. The Morgan fingerprint density at radius 3 is 2.76 bits per heavy atom. The summed E-state index contributed by atoms with van der Waals surface area (Å²) in [7, 11) is 0. The van der Waals surface area contributed by atoms with Gasteiger partial charge in [-0.1, -0.05) is 30.3 Å². The molecule has 4 rings (SSSR count). The van der Waals surface area contributed by atoms with Crippen LogP contribution in [0, 0.1) is 0 Å². The number of H-pyrrole nitrogens is 1. The van der Waals surface area contributed by atoms with E-state index in [1.54, 1.807) is 28.6 Å². The Hall–Kier alpha value is -3.78. The van der Waals surface area contributed by atoms with Gasteiger partial charge in [-0.2, -0.15) is 5.10 Å². The highest BCUT2D eigenvalue weighted by Gasteiger charge is 2.17. The summed E-state index contributed by atoms with van der Waals surface area (Å²) in [6.07, 6.45) is 4.73. The summed E-state index contributed by atoms with van der Waals surface area (Å²) in [6, 6.07) is 14.9. The van der Waals surface area contributed by atoms with Crippen LogP contribution in [0.5, 0.6) is 0 Å². The predicted molar refractivity (Wildman–Crippen MR) is 115 cm³/mol. The number of hydrogen-bond acceptors (Lipinski definition) is 5. The highest BCUT2D eigenvalue weighted by atomic mass is 32.1. The van der Waals surface area contributed by atoms with E-state index in [0.29, 0.717) is 16.5 Å². The van der Waals surface area contributed by atoms with Crippen molar-refractivity contribution in [2.45, 2.75) is 6.92 Å². The lowest BCUT2D eigenvalue weighted by molar-refractivity contribution is -0.116. The van der Waals surface area contributed by atoms with Gasteiger partial charge < -0.3 is 5.32 Å². The highest BCUT2D eigenvalue weighted by Crippen LogP contribution is 2.29. The van der Waals surface area contributed by atoms with E-state index in [9.17, 15) is 9.59 Å². The third kappa shape index (κ3) is 4.07. The number of hydrogen-bond donors (Lipinski definition) is 2. The molecule has 2 amide bonds. The van der Waals surface area contributed by atoms with Crippen LogP contribution in [0.2, 0.25) is 0 Å². The van der Waals surface area contributed by atoms with E-state index in [4.69, 9.17) is 0 Å². The Labute approximate surface area is 170 Å². The molecule has 144 valence electrons. The molecule has 2 heterocycles. The van der Waals surface area contributed by atoms with Gasteiger partial charge in [-0.3, -0.25) is 19.6 Å². The van der Waals surface area contributed by atoms with Crippen molar-refractivity contribution in [2.75, 3.05) is 10.2 Å². The van der Waals surface area contributed by atoms with Crippen LogP contribution in [0.25, 0.3) is 17.0 Å². The quantitative estimate of drug-likeness (QED) is 0.485. The van der Waals surface area contributed by atoms with E-state index < -0.39 is 0 Å².